The van der Waals surface area contributed by atoms with Gasteiger partial charge in [-0.2, -0.15) is 0 Å². The first-order valence-corrected chi connectivity index (χ1v) is 41.7. The van der Waals surface area contributed by atoms with Crippen LogP contribution in [0.2, 0.25) is 96.0 Å². The minimum atomic E-state index is -5.94. The van der Waals surface area contributed by atoms with Crippen LogP contribution in [0.25, 0.3) is 0 Å². The molecule has 5 rings (SSSR count). The minimum absolute atomic E-state index is 0. The molecule has 0 unspecified atom stereocenters. The number of hydrogen-bond donors (Lipinski definition) is 5. The Morgan fingerprint density at radius 1 is 0.642 bits per heavy atom. The molecule has 2 heterocycles. The number of ether oxygens (including phenoxy) is 3. The second kappa shape index (κ2) is 35.0. The van der Waals surface area contributed by atoms with E-state index in [0.717, 1.165) is 60.4 Å². The van der Waals surface area contributed by atoms with Gasteiger partial charge in [0.25, 0.3) is 0 Å². The zero-order chi connectivity index (χ0) is 60.5. The number of benzene rings is 3. The predicted octanol–water partition coefficient (Wildman–Crippen LogP) is 0.791. The summed E-state index contributed by atoms with van der Waals surface area (Å²) in [5.74, 6) is -0.172. The van der Waals surface area contributed by atoms with Gasteiger partial charge in [0.15, 0.2) is 0 Å². The topological polar surface area (TPSA) is 300 Å². The second-order valence-corrected chi connectivity index (χ2v) is 43.9. The summed E-state index contributed by atoms with van der Waals surface area (Å²) in [6, 6.07) is 13.5. The number of hydrogen-bond acceptors (Lipinski definition) is 18. The van der Waals surface area contributed by atoms with Crippen molar-refractivity contribution in [1.82, 2.24) is 0 Å². The maximum Gasteiger partial charge on any atom is 1.00 e. The third-order valence-electron chi connectivity index (χ3n) is 13.7. The first-order valence-electron chi connectivity index (χ1n) is 27.1. The van der Waals surface area contributed by atoms with Gasteiger partial charge in [0.05, 0.1) is 47.7 Å². The Balaban J connectivity index is 0.00000113. The molecule has 3 aromatic rings. The molecule has 1 fully saturated rings. The molecule has 0 aromatic heterocycles. The van der Waals surface area contributed by atoms with Crippen molar-refractivity contribution in [3.8, 4) is 17.2 Å². The fraction of sp³-hybridized carbons (Fsp3) is 0.611. The number of aryl methyl sites for hydroxylation is 3. The van der Waals surface area contributed by atoms with Crippen LogP contribution in [0.3, 0.4) is 0 Å². The van der Waals surface area contributed by atoms with E-state index >= 15 is 0 Å². The Morgan fingerprint density at radius 2 is 1.00 bits per heavy atom. The number of esters is 3. The number of phenolic OH excluding ortho intramolecular Hbond substituents is 2. The van der Waals surface area contributed by atoms with Crippen LogP contribution in [0.1, 0.15) is 111 Å². The maximum atomic E-state index is 12.4. The van der Waals surface area contributed by atoms with Crippen molar-refractivity contribution >= 4 is 75.9 Å². The van der Waals surface area contributed by atoms with Gasteiger partial charge in [-0.1, -0.05) is 90.0 Å². The average molecular weight is 1330 g/mol. The van der Waals surface area contributed by atoms with Crippen LogP contribution >= 0.6 is 12.4 Å². The summed E-state index contributed by atoms with van der Waals surface area (Å²) in [5, 5.41) is 48.3. The molecule has 0 radical (unpaired) electrons. The Morgan fingerprint density at radius 3 is 1.37 bits per heavy atom. The van der Waals surface area contributed by atoms with Crippen LogP contribution in [0, 0.1) is 20.8 Å². The molecule has 0 bridgehead atoms. The molecule has 2 aliphatic heterocycles. The standard InChI is InChI=1S/C22H37BO5Si.C16H27BO5Si.C16H25BO4Si.ClH.IO4.Na/c1-16-18(20(25)26-14-15-29(6,7)8)12-11-17(19(16)24)10-9-13-23-27-21(2,3)22(4,5)28-23;1-12-14(16(19)22-10-11-23(2,3)4)8-7-13(15(12)18)6-5-9-17(20)21;1-12-14(16(18)20-10-11-22(2,3)4)8-7-13-6-5-9-17(19)21-15(12)13;;2-1(3,4)5;/h11-12,24H,9-10,13-15H2,1-8H3;7-8,18,20-21H,5-6,9-11H2,1-4H3;7-8,19H,5-6,9-11H2,1-4H3;1H;;/q;;;;-1;+1. The largest absolute Gasteiger partial charge is 1.00 e. The Bertz CT molecular complexity index is 2450. The molecule has 0 atom stereocenters. The molecule has 0 aliphatic carbocycles. The summed E-state index contributed by atoms with van der Waals surface area (Å²) < 4.78 is 68.3. The molecular formula is C54H90B3ClINaO18Si3. The van der Waals surface area contributed by atoms with E-state index in [9.17, 15) is 29.6 Å². The van der Waals surface area contributed by atoms with Crippen LogP contribution in [-0.2, 0) is 42.8 Å². The first-order chi connectivity index (χ1) is 36.1. The van der Waals surface area contributed by atoms with Crippen molar-refractivity contribution in [3.63, 3.8) is 0 Å². The summed E-state index contributed by atoms with van der Waals surface area (Å²) in [4.78, 5) is 36.8. The normalized spacial score (nSPS) is 14.5. The summed E-state index contributed by atoms with van der Waals surface area (Å²) in [6.07, 6.45) is 5.95. The molecule has 1 saturated heterocycles. The SMILES string of the molecule is Cc1c(C(=O)OCC[Si](C)(C)C)ccc(CCCB(O)O)c1O.Cc1c(C(=O)OCC[Si](C)(C)C)ccc(CCCB2OC(C)(C)C(C)(C)O2)c1O.Cc1c(C(=O)OCC[Si](C)(C)C)ccc2c1OB(O)CCC2.Cl.[Na+].[O-][I+3]([O-])([O-])[O-]. The Labute approximate surface area is 520 Å². The number of halogens is 2. The van der Waals surface area contributed by atoms with Crippen LogP contribution in [0.5, 0.6) is 17.2 Å². The van der Waals surface area contributed by atoms with E-state index in [1.54, 1.807) is 32.0 Å². The quantitative estimate of drug-likeness (QED) is 0.0452. The number of fused-ring (bicyclic) bond motifs is 1. The van der Waals surface area contributed by atoms with E-state index < -0.39 is 64.5 Å². The van der Waals surface area contributed by atoms with Crippen LogP contribution in [0.15, 0.2) is 36.4 Å². The molecule has 3 aromatic carbocycles. The monoisotopic (exact) mass is 1330 g/mol. The van der Waals surface area contributed by atoms with Gasteiger partial charge in [-0.3, -0.25) is 13.7 Å². The molecule has 2 aliphatic rings. The van der Waals surface area contributed by atoms with Gasteiger partial charge in [-0.15, -0.1) is 12.4 Å². The van der Waals surface area contributed by atoms with Crippen molar-refractivity contribution < 1.29 is 131 Å². The first kappa shape index (κ1) is 79.0. The number of phenols is 2. The van der Waals surface area contributed by atoms with E-state index in [4.69, 9.17) is 52.0 Å². The molecule has 81 heavy (non-hydrogen) atoms. The summed E-state index contributed by atoms with van der Waals surface area (Å²) in [5.41, 5.74) is 5.12. The molecule has 27 heteroatoms. The molecule has 0 amide bonds. The van der Waals surface area contributed by atoms with Gasteiger partial charge in [-0.25, -0.2) is 14.4 Å². The molecule has 0 spiro atoms. The fourth-order valence-electron chi connectivity index (χ4n) is 7.95. The molecule has 0 saturated carbocycles. The van der Waals surface area contributed by atoms with E-state index in [-0.39, 0.29) is 90.0 Å². The Kier molecular flexibility index (Phi) is 34.1. The van der Waals surface area contributed by atoms with Crippen molar-refractivity contribution in [1.29, 1.82) is 0 Å². The molecular weight excluding hydrogens is 1240 g/mol. The number of carbonyl (C=O) groups excluding carboxylic acids is 3. The zero-order valence-corrected chi connectivity index (χ0v) is 59.1. The average Bonchev–Trinajstić information content (AvgIpc) is 3.37. The maximum absolute atomic E-state index is 12.4. The van der Waals surface area contributed by atoms with E-state index in [0.29, 0.717) is 84.5 Å². The third-order valence-corrected chi connectivity index (χ3v) is 18.8. The summed E-state index contributed by atoms with van der Waals surface area (Å²) >= 11 is -5.94. The van der Waals surface area contributed by atoms with E-state index in [1.165, 1.54) is 0 Å². The third kappa shape index (κ3) is 29.8. The van der Waals surface area contributed by atoms with E-state index in [2.05, 4.69) is 58.9 Å². The smallest absolute Gasteiger partial charge is 0.536 e. The van der Waals surface area contributed by atoms with Gasteiger partial charge in [-0.05, 0) is 146 Å². The van der Waals surface area contributed by atoms with Crippen LogP contribution in [-0.4, -0.2) is 120 Å². The van der Waals surface area contributed by atoms with Crippen molar-refractivity contribution in [3.05, 3.63) is 86.5 Å². The Hall–Kier alpha value is -2.02. The van der Waals surface area contributed by atoms with Crippen LogP contribution < -0.4 is 68.0 Å². The van der Waals surface area contributed by atoms with Crippen molar-refractivity contribution in [2.45, 2.75) is 194 Å². The van der Waals surface area contributed by atoms with Gasteiger partial charge in [0, 0.05) is 40.9 Å². The second-order valence-electron chi connectivity index (χ2n) is 24.9. The molecule has 5 N–H and O–H groups in total. The molecule has 450 valence electrons. The summed E-state index contributed by atoms with van der Waals surface area (Å²) in [6.45, 7) is 35.0. The fourth-order valence-corrected chi connectivity index (χ4v) is 10.1. The molecule has 18 nitrogen and oxygen atoms in total. The van der Waals surface area contributed by atoms with Crippen molar-refractivity contribution in [2.75, 3.05) is 19.8 Å². The predicted molar refractivity (Wildman–Crippen MR) is 314 cm³/mol. The van der Waals surface area contributed by atoms with Gasteiger partial charge >= 0.3 is 68.8 Å². The number of carbonyl (C=O) groups is 3. The van der Waals surface area contributed by atoms with Gasteiger partial charge in [0.1, 0.15) is 37.3 Å². The van der Waals surface area contributed by atoms with Crippen LogP contribution in [0.4, 0.5) is 0 Å². The zero-order valence-electron chi connectivity index (χ0n) is 51.1. The summed E-state index contributed by atoms with van der Waals surface area (Å²) in [7, 11) is -6.07. The minimum Gasteiger partial charge on any atom is -0.536 e. The van der Waals surface area contributed by atoms with Gasteiger partial charge < -0.3 is 53.5 Å². The number of aromatic hydroxyl groups is 2. The number of rotatable bonds is 20. The van der Waals surface area contributed by atoms with E-state index in [1.807, 2.05) is 52.8 Å². The van der Waals surface area contributed by atoms with Crippen molar-refractivity contribution in [2.24, 2.45) is 0 Å². The van der Waals surface area contributed by atoms with Gasteiger partial charge in [0.2, 0.25) is 0 Å².